The lowest BCUT2D eigenvalue weighted by Gasteiger charge is -2.21. The van der Waals surface area contributed by atoms with Gasteiger partial charge in [0.05, 0.1) is 19.8 Å². The Balaban J connectivity index is 2.44. The molecule has 2 rings (SSSR count). The van der Waals surface area contributed by atoms with Crippen molar-refractivity contribution in [1.82, 2.24) is 5.32 Å². The van der Waals surface area contributed by atoms with Gasteiger partial charge in [-0.25, -0.2) is 0 Å². The summed E-state index contributed by atoms with van der Waals surface area (Å²) in [6, 6.07) is 14.5. The number of methoxy groups -OCH3 is 1. The van der Waals surface area contributed by atoms with Gasteiger partial charge in [-0.3, -0.25) is 0 Å². The van der Waals surface area contributed by atoms with Crippen molar-refractivity contribution in [3.63, 3.8) is 0 Å². The van der Waals surface area contributed by atoms with Crippen LogP contribution in [0.5, 0.6) is 11.5 Å². The molecule has 2 aromatic carbocycles. The van der Waals surface area contributed by atoms with Crippen LogP contribution in [-0.4, -0.2) is 20.8 Å². The molecule has 3 heteroatoms. The van der Waals surface area contributed by atoms with E-state index in [-0.39, 0.29) is 6.04 Å². The average Bonchev–Trinajstić information content (AvgIpc) is 2.51. The second-order valence-corrected chi connectivity index (χ2v) is 4.92. The Bertz CT molecular complexity index is 596. The van der Waals surface area contributed by atoms with Gasteiger partial charge in [0.25, 0.3) is 0 Å². The minimum absolute atomic E-state index is 0.0715. The van der Waals surface area contributed by atoms with E-state index in [2.05, 4.69) is 29.6 Å². The van der Waals surface area contributed by atoms with Gasteiger partial charge < -0.3 is 14.8 Å². The van der Waals surface area contributed by atoms with Crippen molar-refractivity contribution in [1.29, 1.82) is 0 Å². The summed E-state index contributed by atoms with van der Waals surface area (Å²) in [6.45, 7) is 4.70. The Hall–Kier alpha value is -2.00. The van der Waals surface area contributed by atoms with Gasteiger partial charge in [-0.1, -0.05) is 30.3 Å². The van der Waals surface area contributed by atoms with Crippen LogP contribution in [0.15, 0.2) is 42.5 Å². The summed E-state index contributed by atoms with van der Waals surface area (Å²) in [4.78, 5) is 0. The molecule has 0 bridgehead atoms. The number of rotatable bonds is 6. The first-order valence-electron chi connectivity index (χ1n) is 7.24. The van der Waals surface area contributed by atoms with Crippen molar-refractivity contribution in [2.75, 3.05) is 20.8 Å². The maximum absolute atomic E-state index is 5.75. The molecule has 112 valence electrons. The van der Waals surface area contributed by atoms with Crippen molar-refractivity contribution in [2.24, 2.45) is 0 Å². The lowest BCUT2D eigenvalue weighted by molar-refractivity contribution is 0.334. The maximum atomic E-state index is 5.75. The molecule has 0 aliphatic heterocycles. The molecular weight excluding hydrogens is 262 g/mol. The highest BCUT2D eigenvalue weighted by Gasteiger charge is 2.17. The van der Waals surface area contributed by atoms with Crippen molar-refractivity contribution >= 4 is 0 Å². The highest BCUT2D eigenvalue weighted by atomic mass is 16.5. The Kier molecular flexibility index (Phi) is 5.23. The van der Waals surface area contributed by atoms with Crippen LogP contribution >= 0.6 is 0 Å². The maximum Gasteiger partial charge on any atom is 0.124 e. The first-order valence-corrected chi connectivity index (χ1v) is 7.24. The van der Waals surface area contributed by atoms with E-state index in [1.807, 2.05) is 39.1 Å². The molecule has 1 unspecified atom stereocenters. The Morgan fingerprint density at radius 1 is 1.10 bits per heavy atom. The van der Waals surface area contributed by atoms with Crippen LogP contribution in [0, 0.1) is 6.92 Å². The molecule has 0 saturated heterocycles. The lowest BCUT2D eigenvalue weighted by Crippen LogP contribution is -2.18. The minimum atomic E-state index is 0.0715. The molecule has 0 heterocycles. The third-order valence-electron chi connectivity index (χ3n) is 3.58. The molecule has 0 aliphatic rings. The van der Waals surface area contributed by atoms with Crippen LogP contribution < -0.4 is 14.8 Å². The van der Waals surface area contributed by atoms with E-state index in [9.17, 15) is 0 Å². The van der Waals surface area contributed by atoms with Crippen LogP contribution in [0.3, 0.4) is 0 Å². The highest BCUT2D eigenvalue weighted by molar-refractivity contribution is 5.45. The van der Waals surface area contributed by atoms with Gasteiger partial charge in [-0.2, -0.15) is 0 Å². The molecule has 1 atom stereocenters. The fourth-order valence-electron chi connectivity index (χ4n) is 2.52. The van der Waals surface area contributed by atoms with E-state index in [0.29, 0.717) is 6.61 Å². The van der Waals surface area contributed by atoms with Gasteiger partial charge >= 0.3 is 0 Å². The first kappa shape index (κ1) is 15.4. The summed E-state index contributed by atoms with van der Waals surface area (Å²) < 4.78 is 11.2. The number of hydrogen-bond acceptors (Lipinski definition) is 3. The molecule has 1 N–H and O–H groups in total. The van der Waals surface area contributed by atoms with E-state index >= 15 is 0 Å². The molecule has 3 nitrogen and oxygen atoms in total. The zero-order valence-electron chi connectivity index (χ0n) is 13.1. The highest BCUT2D eigenvalue weighted by Crippen LogP contribution is 2.32. The van der Waals surface area contributed by atoms with E-state index in [0.717, 1.165) is 28.2 Å². The Morgan fingerprint density at radius 3 is 2.52 bits per heavy atom. The SMILES string of the molecule is CCOc1ccccc1C(NC)c1ccc(C)c(OC)c1. The molecular formula is C18H23NO2. The van der Waals surface area contributed by atoms with Crippen LogP contribution in [0.2, 0.25) is 0 Å². The standard InChI is InChI=1S/C18H23NO2/c1-5-21-16-9-7-6-8-15(16)18(19-3)14-11-10-13(2)17(12-14)20-4/h6-12,18-19H,5H2,1-4H3. The van der Waals surface area contributed by atoms with Crippen LogP contribution in [0.25, 0.3) is 0 Å². The van der Waals surface area contributed by atoms with Crippen LogP contribution in [0.1, 0.15) is 29.7 Å². The number of nitrogens with one attached hydrogen (secondary N) is 1. The monoisotopic (exact) mass is 285 g/mol. The molecule has 0 saturated carbocycles. The lowest BCUT2D eigenvalue weighted by atomic mass is 9.96. The molecule has 0 radical (unpaired) electrons. The van der Waals surface area contributed by atoms with Gasteiger partial charge in [-0.05, 0) is 44.2 Å². The molecule has 21 heavy (non-hydrogen) atoms. The summed E-state index contributed by atoms with van der Waals surface area (Å²) >= 11 is 0. The third-order valence-corrected chi connectivity index (χ3v) is 3.58. The molecule has 0 spiro atoms. The van der Waals surface area contributed by atoms with Crippen LogP contribution in [0.4, 0.5) is 0 Å². The van der Waals surface area contributed by atoms with E-state index < -0.39 is 0 Å². The number of hydrogen-bond donors (Lipinski definition) is 1. The summed E-state index contributed by atoms with van der Waals surface area (Å²) in [5.41, 5.74) is 3.43. The zero-order chi connectivity index (χ0) is 15.2. The number of aryl methyl sites for hydroxylation is 1. The van der Waals surface area contributed by atoms with Crippen molar-refractivity contribution < 1.29 is 9.47 Å². The smallest absolute Gasteiger partial charge is 0.124 e. The Labute approximate surface area is 126 Å². The number of benzene rings is 2. The Morgan fingerprint density at radius 2 is 1.86 bits per heavy atom. The van der Waals surface area contributed by atoms with Crippen molar-refractivity contribution in [3.8, 4) is 11.5 Å². The molecule has 0 amide bonds. The predicted molar refractivity (Wildman–Crippen MR) is 86.2 cm³/mol. The fraction of sp³-hybridized carbons (Fsp3) is 0.333. The van der Waals surface area contributed by atoms with Gasteiger partial charge in [0.1, 0.15) is 11.5 Å². The molecule has 0 fully saturated rings. The minimum Gasteiger partial charge on any atom is -0.496 e. The number of ether oxygens (including phenoxy) is 2. The van der Waals surface area contributed by atoms with Crippen LogP contribution in [-0.2, 0) is 0 Å². The normalized spacial score (nSPS) is 12.0. The predicted octanol–water partition coefficient (Wildman–Crippen LogP) is 3.71. The second kappa shape index (κ2) is 7.14. The van der Waals surface area contributed by atoms with Gasteiger partial charge in [0.15, 0.2) is 0 Å². The molecule has 2 aromatic rings. The summed E-state index contributed by atoms with van der Waals surface area (Å²) in [5, 5.41) is 3.37. The van der Waals surface area contributed by atoms with Gasteiger partial charge in [0.2, 0.25) is 0 Å². The van der Waals surface area contributed by atoms with Crippen molar-refractivity contribution in [2.45, 2.75) is 19.9 Å². The average molecular weight is 285 g/mol. The quantitative estimate of drug-likeness (QED) is 0.877. The van der Waals surface area contributed by atoms with E-state index in [1.165, 1.54) is 0 Å². The second-order valence-electron chi connectivity index (χ2n) is 4.92. The summed E-state index contributed by atoms with van der Waals surface area (Å²) in [7, 11) is 3.66. The fourth-order valence-corrected chi connectivity index (χ4v) is 2.52. The summed E-state index contributed by atoms with van der Waals surface area (Å²) in [5.74, 6) is 1.82. The first-order chi connectivity index (χ1) is 10.2. The molecule has 0 aliphatic carbocycles. The van der Waals surface area contributed by atoms with E-state index in [1.54, 1.807) is 7.11 Å². The van der Waals surface area contributed by atoms with E-state index in [4.69, 9.17) is 9.47 Å². The zero-order valence-corrected chi connectivity index (χ0v) is 13.1. The summed E-state index contributed by atoms with van der Waals surface area (Å²) in [6.07, 6.45) is 0. The number of para-hydroxylation sites is 1. The third kappa shape index (κ3) is 3.37. The molecule has 0 aromatic heterocycles. The van der Waals surface area contributed by atoms with Crippen molar-refractivity contribution in [3.05, 3.63) is 59.2 Å². The topological polar surface area (TPSA) is 30.5 Å². The van der Waals surface area contributed by atoms with Gasteiger partial charge in [-0.15, -0.1) is 0 Å². The largest absolute Gasteiger partial charge is 0.496 e. The van der Waals surface area contributed by atoms with Gasteiger partial charge in [0, 0.05) is 5.56 Å².